The van der Waals surface area contributed by atoms with Crippen LogP contribution in [0.2, 0.25) is 0 Å². The highest BCUT2D eigenvalue weighted by Gasteiger charge is 2.22. The molecule has 0 spiro atoms. The zero-order chi connectivity index (χ0) is 16.6. The molecule has 0 unspecified atom stereocenters. The minimum absolute atomic E-state index is 0.00569. The zero-order valence-corrected chi connectivity index (χ0v) is 14.6. The molecule has 0 atom stereocenters. The molecule has 0 saturated carbocycles. The standard InChI is InChI=1S/C16H25N5O/c1-8-21-12(4)14(10(2)18-21)9-19(6)16(22)15-11(3)17-20(7)13(15)5/h8-9H2,1-7H3. The second-order valence-electron chi connectivity index (χ2n) is 5.80. The summed E-state index contributed by atoms with van der Waals surface area (Å²) in [7, 11) is 3.69. The van der Waals surface area contributed by atoms with Crippen LogP contribution in [0, 0.1) is 27.7 Å². The number of hydrogen-bond acceptors (Lipinski definition) is 3. The summed E-state index contributed by atoms with van der Waals surface area (Å²) in [5, 5.41) is 8.84. The molecule has 0 saturated heterocycles. The van der Waals surface area contributed by atoms with Gasteiger partial charge in [-0.3, -0.25) is 14.2 Å². The first-order chi connectivity index (χ1) is 10.3. The molecule has 2 heterocycles. The zero-order valence-electron chi connectivity index (χ0n) is 14.6. The van der Waals surface area contributed by atoms with Gasteiger partial charge in [-0.05, 0) is 34.6 Å². The number of carbonyl (C=O) groups excluding carboxylic acids is 1. The van der Waals surface area contributed by atoms with Crippen LogP contribution in [0.15, 0.2) is 0 Å². The molecule has 22 heavy (non-hydrogen) atoms. The van der Waals surface area contributed by atoms with Crippen molar-refractivity contribution < 1.29 is 4.79 Å². The van der Waals surface area contributed by atoms with Gasteiger partial charge in [-0.25, -0.2) is 0 Å². The first-order valence-corrected chi connectivity index (χ1v) is 7.56. The van der Waals surface area contributed by atoms with Gasteiger partial charge in [0.2, 0.25) is 0 Å². The molecule has 0 aromatic carbocycles. The molecular weight excluding hydrogens is 278 g/mol. The number of aromatic nitrogens is 4. The Morgan fingerprint density at radius 1 is 1.09 bits per heavy atom. The van der Waals surface area contributed by atoms with Crippen LogP contribution < -0.4 is 0 Å². The van der Waals surface area contributed by atoms with E-state index in [0.717, 1.165) is 34.9 Å². The molecule has 0 bridgehead atoms. The van der Waals surface area contributed by atoms with Crippen molar-refractivity contribution in [3.05, 3.63) is 33.9 Å². The van der Waals surface area contributed by atoms with Crippen LogP contribution >= 0.6 is 0 Å². The third-order valence-electron chi connectivity index (χ3n) is 4.30. The van der Waals surface area contributed by atoms with Crippen LogP contribution in [0.1, 0.15) is 45.6 Å². The molecule has 2 aromatic rings. The summed E-state index contributed by atoms with van der Waals surface area (Å²) >= 11 is 0. The Morgan fingerprint density at radius 3 is 2.18 bits per heavy atom. The van der Waals surface area contributed by atoms with E-state index in [1.165, 1.54) is 0 Å². The SMILES string of the molecule is CCn1nc(C)c(CN(C)C(=O)c2c(C)nn(C)c2C)c1C. The Balaban J connectivity index is 2.27. The lowest BCUT2D eigenvalue weighted by atomic mass is 10.1. The molecule has 0 aliphatic heterocycles. The van der Waals surface area contributed by atoms with Crippen LogP contribution in [0.3, 0.4) is 0 Å². The molecule has 0 aliphatic rings. The van der Waals surface area contributed by atoms with E-state index < -0.39 is 0 Å². The monoisotopic (exact) mass is 303 g/mol. The summed E-state index contributed by atoms with van der Waals surface area (Å²) < 4.78 is 3.73. The Kier molecular flexibility index (Phi) is 4.39. The topological polar surface area (TPSA) is 56.0 Å². The Labute approximate surface area is 131 Å². The fraction of sp³-hybridized carbons (Fsp3) is 0.562. The van der Waals surface area contributed by atoms with Gasteiger partial charge >= 0.3 is 0 Å². The van der Waals surface area contributed by atoms with Crippen molar-refractivity contribution in [3.8, 4) is 0 Å². The maximum Gasteiger partial charge on any atom is 0.257 e. The molecule has 6 heteroatoms. The van der Waals surface area contributed by atoms with E-state index in [-0.39, 0.29) is 5.91 Å². The number of carbonyl (C=O) groups is 1. The van der Waals surface area contributed by atoms with E-state index in [2.05, 4.69) is 24.0 Å². The number of nitrogens with zero attached hydrogens (tertiary/aromatic N) is 5. The number of rotatable bonds is 4. The summed E-state index contributed by atoms with van der Waals surface area (Å²) in [6, 6.07) is 0. The normalized spacial score (nSPS) is 11.0. The van der Waals surface area contributed by atoms with E-state index in [9.17, 15) is 4.79 Å². The molecule has 0 aliphatic carbocycles. The van der Waals surface area contributed by atoms with E-state index in [1.807, 2.05) is 39.5 Å². The fourth-order valence-electron chi connectivity index (χ4n) is 2.85. The van der Waals surface area contributed by atoms with E-state index in [1.54, 1.807) is 9.58 Å². The van der Waals surface area contributed by atoms with Gasteiger partial charge in [-0.15, -0.1) is 0 Å². The van der Waals surface area contributed by atoms with Gasteiger partial charge in [-0.1, -0.05) is 0 Å². The molecule has 0 N–H and O–H groups in total. The maximum atomic E-state index is 12.7. The number of amides is 1. The third-order valence-corrected chi connectivity index (χ3v) is 4.30. The number of hydrogen-bond donors (Lipinski definition) is 0. The summed E-state index contributed by atoms with van der Waals surface area (Å²) in [5.41, 5.74) is 5.60. The first kappa shape index (κ1) is 16.3. The fourth-order valence-corrected chi connectivity index (χ4v) is 2.85. The molecule has 0 radical (unpaired) electrons. The predicted octanol–water partition coefficient (Wildman–Crippen LogP) is 2.14. The van der Waals surface area contributed by atoms with Gasteiger partial charge in [0, 0.05) is 44.1 Å². The second kappa shape index (κ2) is 5.94. The highest BCUT2D eigenvalue weighted by Crippen LogP contribution is 2.19. The lowest BCUT2D eigenvalue weighted by molar-refractivity contribution is 0.0783. The quantitative estimate of drug-likeness (QED) is 0.869. The minimum atomic E-state index is 0.00569. The van der Waals surface area contributed by atoms with Crippen LogP contribution in [0.4, 0.5) is 0 Å². The second-order valence-corrected chi connectivity index (χ2v) is 5.80. The van der Waals surface area contributed by atoms with E-state index >= 15 is 0 Å². The largest absolute Gasteiger partial charge is 0.337 e. The molecule has 2 rings (SSSR count). The van der Waals surface area contributed by atoms with E-state index in [0.29, 0.717) is 12.1 Å². The lowest BCUT2D eigenvalue weighted by Crippen LogP contribution is -2.27. The van der Waals surface area contributed by atoms with Crippen LogP contribution in [-0.4, -0.2) is 37.4 Å². The highest BCUT2D eigenvalue weighted by atomic mass is 16.2. The van der Waals surface area contributed by atoms with Crippen LogP contribution in [0.5, 0.6) is 0 Å². The molecule has 2 aromatic heterocycles. The van der Waals surface area contributed by atoms with Crippen molar-refractivity contribution in [2.75, 3.05) is 7.05 Å². The summed E-state index contributed by atoms with van der Waals surface area (Å²) in [6.45, 7) is 11.3. The van der Waals surface area contributed by atoms with Crippen molar-refractivity contribution in [3.63, 3.8) is 0 Å². The highest BCUT2D eigenvalue weighted by molar-refractivity contribution is 5.96. The molecule has 120 valence electrons. The van der Waals surface area contributed by atoms with Crippen molar-refractivity contribution in [2.45, 2.75) is 47.7 Å². The van der Waals surface area contributed by atoms with Gasteiger partial charge in [0.1, 0.15) is 0 Å². The summed E-state index contributed by atoms with van der Waals surface area (Å²) in [5.74, 6) is 0.00569. The lowest BCUT2D eigenvalue weighted by Gasteiger charge is -2.18. The average molecular weight is 303 g/mol. The van der Waals surface area contributed by atoms with Gasteiger partial charge in [0.15, 0.2) is 0 Å². The van der Waals surface area contributed by atoms with Gasteiger partial charge < -0.3 is 4.90 Å². The van der Waals surface area contributed by atoms with Crippen LogP contribution in [-0.2, 0) is 20.1 Å². The third kappa shape index (κ3) is 2.65. The van der Waals surface area contributed by atoms with Crippen molar-refractivity contribution in [1.82, 2.24) is 24.5 Å². The van der Waals surface area contributed by atoms with Crippen molar-refractivity contribution >= 4 is 5.91 Å². The predicted molar refractivity (Wildman–Crippen MR) is 85.9 cm³/mol. The Hall–Kier alpha value is -2.11. The average Bonchev–Trinajstić information content (AvgIpc) is 2.88. The molecule has 6 nitrogen and oxygen atoms in total. The molecule has 0 fully saturated rings. The molecular formula is C16H25N5O. The number of aryl methyl sites for hydroxylation is 4. The molecule has 1 amide bonds. The van der Waals surface area contributed by atoms with Gasteiger partial charge in [0.25, 0.3) is 5.91 Å². The maximum absolute atomic E-state index is 12.7. The minimum Gasteiger partial charge on any atom is -0.337 e. The van der Waals surface area contributed by atoms with Gasteiger partial charge in [0.05, 0.1) is 17.0 Å². The van der Waals surface area contributed by atoms with E-state index in [4.69, 9.17) is 0 Å². The summed E-state index contributed by atoms with van der Waals surface area (Å²) in [6.07, 6.45) is 0. The Bertz CT molecular complexity index is 711. The first-order valence-electron chi connectivity index (χ1n) is 7.56. The van der Waals surface area contributed by atoms with Crippen molar-refractivity contribution in [2.24, 2.45) is 7.05 Å². The van der Waals surface area contributed by atoms with Gasteiger partial charge in [-0.2, -0.15) is 10.2 Å². The van der Waals surface area contributed by atoms with Crippen LogP contribution in [0.25, 0.3) is 0 Å². The summed E-state index contributed by atoms with van der Waals surface area (Å²) in [4.78, 5) is 14.5. The smallest absolute Gasteiger partial charge is 0.257 e. The van der Waals surface area contributed by atoms with Crippen molar-refractivity contribution in [1.29, 1.82) is 0 Å². The Morgan fingerprint density at radius 2 is 1.73 bits per heavy atom.